The van der Waals surface area contributed by atoms with Crippen LogP contribution in [-0.2, 0) is 9.47 Å². The monoisotopic (exact) mass is 283 g/mol. The van der Waals surface area contributed by atoms with Crippen LogP contribution in [0.4, 0.5) is 4.79 Å². The molecular formula is C16H29NO3. The lowest BCUT2D eigenvalue weighted by atomic mass is 9.74. The van der Waals surface area contributed by atoms with Crippen molar-refractivity contribution in [1.29, 1.82) is 0 Å². The van der Waals surface area contributed by atoms with E-state index in [9.17, 15) is 4.79 Å². The third kappa shape index (κ3) is 3.27. The van der Waals surface area contributed by atoms with Gasteiger partial charge in [-0.2, -0.15) is 0 Å². The summed E-state index contributed by atoms with van der Waals surface area (Å²) in [6.07, 6.45) is 5.62. The van der Waals surface area contributed by atoms with Crippen molar-refractivity contribution in [2.45, 2.75) is 77.0 Å². The van der Waals surface area contributed by atoms with E-state index in [2.05, 4.69) is 6.92 Å². The maximum atomic E-state index is 12.1. The van der Waals surface area contributed by atoms with E-state index in [4.69, 9.17) is 9.47 Å². The summed E-state index contributed by atoms with van der Waals surface area (Å²) in [5, 5.41) is 0. The van der Waals surface area contributed by atoms with E-state index < -0.39 is 5.60 Å². The third-order valence-electron chi connectivity index (χ3n) is 4.76. The Morgan fingerprint density at radius 3 is 2.65 bits per heavy atom. The van der Waals surface area contributed by atoms with Crippen molar-refractivity contribution < 1.29 is 14.3 Å². The summed E-state index contributed by atoms with van der Waals surface area (Å²) in [6, 6.07) is 0.144. The normalized spacial score (nSPS) is 34.2. The van der Waals surface area contributed by atoms with Crippen LogP contribution in [0.1, 0.15) is 59.8 Å². The van der Waals surface area contributed by atoms with Gasteiger partial charge in [0, 0.05) is 7.05 Å². The summed E-state index contributed by atoms with van der Waals surface area (Å²) >= 11 is 0. The van der Waals surface area contributed by atoms with Gasteiger partial charge in [0.2, 0.25) is 0 Å². The summed E-state index contributed by atoms with van der Waals surface area (Å²) in [4.78, 5) is 13.9. The zero-order valence-electron chi connectivity index (χ0n) is 13.6. The fraction of sp³-hybridized carbons (Fsp3) is 0.938. The lowest BCUT2D eigenvalue weighted by Gasteiger charge is -2.39. The Bertz CT molecular complexity index is 363. The first-order valence-electron chi connectivity index (χ1n) is 7.83. The molecule has 2 fully saturated rings. The molecule has 4 nitrogen and oxygen atoms in total. The molecule has 0 aromatic heterocycles. The van der Waals surface area contributed by atoms with E-state index in [1.165, 1.54) is 19.3 Å². The molecule has 1 saturated carbocycles. The van der Waals surface area contributed by atoms with Gasteiger partial charge in [0.05, 0.1) is 18.2 Å². The van der Waals surface area contributed by atoms with Gasteiger partial charge in [-0.1, -0.05) is 19.8 Å². The molecule has 2 rings (SSSR count). The van der Waals surface area contributed by atoms with E-state index in [1.807, 2.05) is 27.8 Å². The van der Waals surface area contributed by atoms with Gasteiger partial charge in [0.25, 0.3) is 0 Å². The molecule has 0 bridgehead atoms. The second-order valence-corrected chi connectivity index (χ2v) is 7.47. The highest BCUT2D eigenvalue weighted by Gasteiger charge is 2.47. The van der Waals surface area contributed by atoms with Crippen LogP contribution in [0.2, 0.25) is 0 Å². The molecule has 0 aromatic rings. The number of hydrogen-bond acceptors (Lipinski definition) is 3. The Hall–Kier alpha value is -0.770. The number of likely N-dealkylation sites (N-methyl/N-ethyl adjacent to an activating group) is 1. The van der Waals surface area contributed by atoms with E-state index >= 15 is 0 Å². The average molecular weight is 283 g/mol. The quantitative estimate of drug-likeness (QED) is 0.738. The molecule has 0 unspecified atom stereocenters. The highest BCUT2D eigenvalue weighted by Crippen LogP contribution is 2.44. The largest absolute Gasteiger partial charge is 0.444 e. The number of carbonyl (C=O) groups excluding carboxylic acids is 1. The van der Waals surface area contributed by atoms with Gasteiger partial charge in [0.1, 0.15) is 5.60 Å². The average Bonchev–Trinajstić information content (AvgIpc) is 2.75. The van der Waals surface area contributed by atoms with Crippen molar-refractivity contribution in [1.82, 2.24) is 4.90 Å². The maximum Gasteiger partial charge on any atom is 0.410 e. The SMILES string of the molecule is C[C@@H]1CCCC[C@]12C[C@@H](N(C)C(=O)OC(C)(C)C)CO2. The van der Waals surface area contributed by atoms with Crippen molar-refractivity contribution >= 4 is 6.09 Å². The van der Waals surface area contributed by atoms with Gasteiger partial charge < -0.3 is 14.4 Å². The van der Waals surface area contributed by atoms with Crippen LogP contribution in [0.15, 0.2) is 0 Å². The van der Waals surface area contributed by atoms with E-state index in [1.54, 1.807) is 4.90 Å². The van der Waals surface area contributed by atoms with E-state index in [0.29, 0.717) is 12.5 Å². The highest BCUT2D eigenvalue weighted by atomic mass is 16.6. The van der Waals surface area contributed by atoms with Crippen LogP contribution in [0.25, 0.3) is 0 Å². The summed E-state index contributed by atoms with van der Waals surface area (Å²) in [5.74, 6) is 0.591. The summed E-state index contributed by atoms with van der Waals surface area (Å²) in [5.41, 5.74) is -0.445. The highest BCUT2D eigenvalue weighted by molar-refractivity contribution is 5.68. The van der Waals surface area contributed by atoms with Crippen molar-refractivity contribution in [2.75, 3.05) is 13.7 Å². The molecule has 2 aliphatic rings. The van der Waals surface area contributed by atoms with Crippen molar-refractivity contribution in [3.05, 3.63) is 0 Å². The van der Waals surface area contributed by atoms with E-state index in [-0.39, 0.29) is 17.7 Å². The van der Waals surface area contributed by atoms with Crippen molar-refractivity contribution in [3.63, 3.8) is 0 Å². The number of amides is 1. The van der Waals surface area contributed by atoms with Crippen molar-refractivity contribution in [2.24, 2.45) is 5.92 Å². The minimum absolute atomic E-state index is 0.000804. The van der Waals surface area contributed by atoms with Gasteiger partial charge in [-0.3, -0.25) is 0 Å². The first-order valence-corrected chi connectivity index (χ1v) is 7.83. The van der Waals surface area contributed by atoms with Crippen LogP contribution in [0.5, 0.6) is 0 Å². The van der Waals surface area contributed by atoms with Crippen molar-refractivity contribution in [3.8, 4) is 0 Å². The Labute approximate surface area is 122 Å². The molecule has 0 aromatic carbocycles. The molecular weight excluding hydrogens is 254 g/mol. The minimum Gasteiger partial charge on any atom is -0.444 e. The smallest absolute Gasteiger partial charge is 0.410 e. The second-order valence-electron chi connectivity index (χ2n) is 7.47. The molecule has 3 atom stereocenters. The Balaban J connectivity index is 1.96. The number of ether oxygens (including phenoxy) is 2. The van der Waals surface area contributed by atoms with Gasteiger partial charge >= 0.3 is 6.09 Å². The molecule has 1 saturated heterocycles. The standard InChI is InChI=1S/C16H29NO3/c1-12-8-6-7-9-16(12)10-13(11-19-16)17(5)14(18)20-15(2,3)4/h12-13H,6-11H2,1-5H3/t12-,13-,16+/m1/s1. The Kier molecular flexibility index (Phi) is 4.33. The fourth-order valence-electron chi connectivity index (χ4n) is 3.41. The third-order valence-corrected chi connectivity index (χ3v) is 4.76. The molecule has 0 N–H and O–H groups in total. The van der Waals surface area contributed by atoms with Gasteiger partial charge in [-0.25, -0.2) is 4.79 Å². The first kappa shape index (κ1) is 15.6. The van der Waals surface area contributed by atoms with E-state index in [0.717, 1.165) is 12.8 Å². The van der Waals surface area contributed by atoms with Crippen LogP contribution < -0.4 is 0 Å². The molecule has 1 spiro atoms. The van der Waals surface area contributed by atoms with Crippen LogP contribution in [-0.4, -0.2) is 41.9 Å². The predicted octanol–water partition coefficient (Wildman–Crippen LogP) is 3.59. The second kappa shape index (κ2) is 5.55. The van der Waals surface area contributed by atoms with Gasteiger partial charge in [-0.05, 0) is 46.0 Å². The van der Waals surface area contributed by atoms with Crippen LogP contribution >= 0.6 is 0 Å². The van der Waals surface area contributed by atoms with Crippen LogP contribution in [0.3, 0.4) is 0 Å². The summed E-state index contributed by atoms with van der Waals surface area (Å²) in [6.45, 7) is 8.62. The summed E-state index contributed by atoms with van der Waals surface area (Å²) < 4.78 is 11.6. The number of hydrogen-bond donors (Lipinski definition) is 0. The topological polar surface area (TPSA) is 38.8 Å². The zero-order chi connectivity index (χ0) is 15.0. The molecule has 20 heavy (non-hydrogen) atoms. The van der Waals surface area contributed by atoms with Crippen LogP contribution in [0, 0.1) is 5.92 Å². The summed E-state index contributed by atoms with van der Waals surface area (Å²) in [7, 11) is 1.83. The molecule has 0 radical (unpaired) electrons. The first-order chi connectivity index (χ1) is 9.23. The number of nitrogens with zero attached hydrogens (tertiary/aromatic N) is 1. The Morgan fingerprint density at radius 2 is 2.05 bits per heavy atom. The van der Waals surface area contributed by atoms with Gasteiger partial charge in [-0.15, -0.1) is 0 Å². The predicted molar refractivity (Wildman–Crippen MR) is 78.7 cm³/mol. The molecule has 1 aliphatic heterocycles. The molecule has 1 amide bonds. The number of rotatable bonds is 1. The lowest BCUT2D eigenvalue weighted by Crippen LogP contribution is -2.43. The fourth-order valence-corrected chi connectivity index (χ4v) is 3.41. The molecule has 1 aliphatic carbocycles. The molecule has 4 heteroatoms. The molecule has 1 heterocycles. The van der Waals surface area contributed by atoms with Gasteiger partial charge in [0.15, 0.2) is 0 Å². The maximum absolute atomic E-state index is 12.1. The zero-order valence-corrected chi connectivity index (χ0v) is 13.6. The Morgan fingerprint density at radius 1 is 1.35 bits per heavy atom. The number of carbonyl (C=O) groups is 1. The lowest BCUT2D eigenvalue weighted by molar-refractivity contribution is -0.0628. The molecule has 116 valence electrons. The minimum atomic E-state index is -0.444.